The smallest absolute Gasteiger partial charge is 0.225 e. The molecule has 8 nitrogen and oxygen atoms in total. The first-order valence-corrected chi connectivity index (χ1v) is 11.4. The van der Waals surface area contributed by atoms with E-state index in [1.165, 1.54) is 19.3 Å². The van der Waals surface area contributed by atoms with Crippen molar-refractivity contribution in [3.05, 3.63) is 60.7 Å². The van der Waals surface area contributed by atoms with Gasteiger partial charge < -0.3 is 18.4 Å². The van der Waals surface area contributed by atoms with Crippen LogP contribution in [0, 0.1) is 0 Å². The molecule has 1 aromatic heterocycles. The summed E-state index contributed by atoms with van der Waals surface area (Å²) >= 11 is 0. The van der Waals surface area contributed by atoms with Gasteiger partial charge in [-0.25, -0.2) is 4.98 Å². The van der Waals surface area contributed by atoms with E-state index in [-0.39, 0.29) is 0 Å². The fraction of sp³-hybridized carbons (Fsp3) is 0.273. The normalized spacial score (nSPS) is 15.4. The lowest BCUT2D eigenvalue weighted by atomic mass is 9.96. The van der Waals surface area contributed by atoms with Crippen molar-refractivity contribution in [3.63, 3.8) is 0 Å². The lowest BCUT2D eigenvalue weighted by Gasteiger charge is -2.23. The summed E-state index contributed by atoms with van der Waals surface area (Å²) in [6, 6.07) is 19.1. The number of nitrogens with one attached hydrogen (secondary N) is 3. The molecule has 31 heavy (non-hydrogen) atoms. The molecule has 0 saturated heterocycles. The average molecular weight is 438 g/mol. The first kappa shape index (κ1) is 21.1. The predicted octanol–water partition coefficient (Wildman–Crippen LogP) is 5.58. The maximum absolute atomic E-state index is 10.8. The van der Waals surface area contributed by atoms with Gasteiger partial charge >= 0.3 is 0 Å². The third-order valence-electron chi connectivity index (χ3n) is 5.12. The van der Waals surface area contributed by atoms with E-state index in [0.29, 0.717) is 23.5 Å². The summed E-state index contributed by atoms with van der Waals surface area (Å²) in [5.74, 6) is 1.24. The standard InChI is InChI=1S/C22H25N6O2S/c29-31(30)28-19-13-11-18(12-14-19)26-27-21-15-20(16-7-3-1-4-8-16)24-22(25-21)23-17-9-5-2-6-10-17/h1,3-4,7-8,11-15,17,26H,2,5-6,9-10H2,(H,28,29,30)(H2,23,24,25,27)/q-1. The highest BCUT2D eigenvalue weighted by molar-refractivity contribution is 7.68. The number of rotatable bonds is 7. The summed E-state index contributed by atoms with van der Waals surface area (Å²) in [6.45, 7) is 0. The Morgan fingerprint density at radius 1 is 0.935 bits per heavy atom. The minimum atomic E-state index is -2.22. The Kier molecular flexibility index (Phi) is 6.96. The van der Waals surface area contributed by atoms with Crippen molar-refractivity contribution in [2.24, 2.45) is 4.36 Å². The number of aromatic nitrogens is 2. The molecule has 162 valence electrons. The lowest BCUT2D eigenvalue weighted by molar-refractivity contribution is 0.461. The minimum Gasteiger partial charge on any atom is -0.454 e. The molecule has 2 aromatic carbocycles. The number of nitrogens with zero attached hydrogens (tertiary/aromatic N) is 3. The molecule has 0 atom stereocenters. The Bertz CT molecular complexity index is 1080. The van der Waals surface area contributed by atoms with Crippen molar-refractivity contribution in [1.29, 1.82) is 0 Å². The summed E-state index contributed by atoms with van der Waals surface area (Å²) < 4.78 is 23.2. The Labute approximate surface area is 183 Å². The third kappa shape index (κ3) is 6.16. The second-order valence-corrected chi connectivity index (χ2v) is 8.07. The summed E-state index contributed by atoms with van der Waals surface area (Å²) in [5, 5.41) is 3.50. The molecule has 0 bridgehead atoms. The zero-order chi connectivity index (χ0) is 21.5. The van der Waals surface area contributed by atoms with Crippen LogP contribution in [-0.4, -0.2) is 20.6 Å². The van der Waals surface area contributed by atoms with Crippen LogP contribution in [0.25, 0.3) is 11.3 Å². The number of hydrogen-bond donors (Lipinski definition) is 4. The second kappa shape index (κ2) is 10.2. The van der Waals surface area contributed by atoms with Crippen molar-refractivity contribution in [1.82, 2.24) is 9.97 Å². The minimum absolute atomic E-state index is 0.397. The van der Waals surface area contributed by atoms with Crippen LogP contribution in [0.1, 0.15) is 32.1 Å². The third-order valence-corrected chi connectivity index (χ3v) is 5.49. The molecule has 4 N–H and O–H groups in total. The maximum atomic E-state index is 10.8. The van der Waals surface area contributed by atoms with Crippen molar-refractivity contribution in [2.45, 2.75) is 38.1 Å². The van der Waals surface area contributed by atoms with Gasteiger partial charge in [0.25, 0.3) is 0 Å². The molecule has 0 radical (unpaired) electrons. The van der Waals surface area contributed by atoms with E-state index in [2.05, 4.69) is 25.5 Å². The number of anilines is 3. The molecule has 0 aliphatic heterocycles. The van der Waals surface area contributed by atoms with Crippen molar-refractivity contribution >= 4 is 34.0 Å². The summed E-state index contributed by atoms with van der Waals surface area (Å²) in [5.41, 5.74) is 9.28. The highest BCUT2D eigenvalue weighted by Crippen LogP contribution is 2.25. The molecule has 0 amide bonds. The van der Waals surface area contributed by atoms with E-state index in [1.54, 1.807) is 24.3 Å². The van der Waals surface area contributed by atoms with E-state index < -0.39 is 10.9 Å². The largest absolute Gasteiger partial charge is 0.454 e. The van der Waals surface area contributed by atoms with E-state index >= 15 is 0 Å². The van der Waals surface area contributed by atoms with Gasteiger partial charge in [0.1, 0.15) is 0 Å². The van der Waals surface area contributed by atoms with Gasteiger partial charge in [-0.1, -0.05) is 60.5 Å². The van der Waals surface area contributed by atoms with E-state index in [0.717, 1.165) is 29.8 Å². The van der Waals surface area contributed by atoms with Gasteiger partial charge in [0.2, 0.25) is 5.95 Å². The molecule has 9 heteroatoms. The van der Waals surface area contributed by atoms with Gasteiger partial charge in [-0.05, 0) is 37.1 Å². The molecule has 0 unspecified atom stereocenters. The Morgan fingerprint density at radius 2 is 1.68 bits per heavy atom. The zero-order valence-electron chi connectivity index (χ0n) is 17.0. The topological polar surface area (TPSA) is 112 Å². The second-order valence-electron chi connectivity index (χ2n) is 7.43. The molecule has 4 rings (SSSR count). The SMILES string of the molecule is O=[S-](O)=Nc1ccc(NNc2cc(-c3ccccc3)nc(NC3CCCCC3)n2)cc1. The van der Waals surface area contributed by atoms with Crippen LogP contribution in [-0.2, 0) is 15.1 Å². The van der Waals surface area contributed by atoms with Gasteiger partial charge in [0, 0.05) is 23.4 Å². The maximum Gasteiger partial charge on any atom is 0.225 e. The first-order valence-electron chi connectivity index (χ1n) is 10.3. The molecule has 1 fully saturated rings. The summed E-state index contributed by atoms with van der Waals surface area (Å²) in [6.07, 6.45) is 6.02. The number of hydrogen-bond acceptors (Lipinski definition) is 8. The molecule has 3 aromatic rings. The van der Waals surface area contributed by atoms with Crippen molar-refractivity contribution < 1.29 is 8.76 Å². The van der Waals surface area contributed by atoms with Gasteiger partial charge in [0.15, 0.2) is 5.82 Å². The highest BCUT2D eigenvalue weighted by Gasteiger charge is 2.15. The Balaban J connectivity index is 1.53. The fourth-order valence-electron chi connectivity index (χ4n) is 3.59. The molecule has 1 saturated carbocycles. The summed E-state index contributed by atoms with van der Waals surface area (Å²) in [7, 11) is -2.22. The highest BCUT2D eigenvalue weighted by atomic mass is 32.2. The molecule has 0 spiro atoms. The van der Waals surface area contributed by atoms with Crippen molar-refractivity contribution in [2.75, 3.05) is 16.2 Å². The molecule has 1 heterocycles. The van der Waals surface area contributed by atoms with Crippen LogP contribution < -0.4 is 16.2 Å². The van der Waals surface area contributed by atoms with E-state index in [4.69, 9.17) is 9.54 Å². The molecule has 1 aliphatic rings. The monoisotopic (exact) mass is 437 g/mol. The summed E-state index contributed by atoms with van der Waals surface area (Å²) in [4.78, 5) is 9.37. The van der Waals surface area contributed by atoms with Crippen LogP contribution in [0.2, 0.25) is 0 Å². The fourth-order valence-corrected chi connectivity index (χ4v) is 3.90. The Hall–Kier alpha value is -3.17. The van der Waals surface area contributed by atoms with Gasteiger partial charge in [-0.2, -0.15) is 4.98 Å². The molecule has 1 aliphatic carbocycles. The first-order chi connectivity index (χ1) is 15.2. The van der Waals surface area contributed by atoms with E-state index in [9.17, 15) is 4.21 Å². The zero-order valence-corrected chi connectivity index (χ0v) is 17.8. The van der Waals surface area contributed by atoms with Gasteiger partial charge in [-0.15, -0.1) is 0 Å². The predicted molar refractivity (Wildman–Crippen MR) is 124 cm³/mol. The van der Waals surface area contributed by atoms with Gasteiger partial charge in [-0.3, -0.25) is 10.9 Å². The van der Waals surface area contributed by atoms with Crippen LogP contribution in [0.4, 0.5) is 23.1 Å². The molecular weight excluding hydrogens is 412 g/mol. The van der Waals surface area contributed by atoms with Crippen LogP contribution >= 0.6 is 0 Å². The quantitative estimate of drug-likeness (QED) is 0.217. The van der Waals surface area contributed by atoms with Gasteiger partial charge in [0.05, 0.1) is 11.4 Å². The van der Waals surface area contributed by atoms with Crippen molar-refractivity contribution in [3.8, 4) is 11.3 Å². The van der Waals surface area contributed by atoms with Crippen LogP contribution in [0.15, 0.2) is 65.0 Å². The van der Waals surface area contributed by atoms with E-state index in [1.807, 2.05) is 36.4 Å². The number of hydrazine groups is 1. The average Bonchev–Trinajstić information content (AvgIpc) is 2.79. The van der Waals surface area contributed by atoms with Crippen LogP contribution in [0.3, 0.4) is 0 Å². The molecular formula is C22H25N6O2S-. The number of benzene rings is 2. The lowest BCUT2D eigenvalue weighted by Crippen LogP contribution is -2.24. The van der Waals surface area contributed by atoms with Crippen LogP contribution in [0.5, 0.6) is 0 Å². The Morgan fingerprint density at radius 3 is 2.39 bits per heavy atom.